The standard InChI is InChI=1S/C74H147NO8/c1-3-5-7-9-11-13-15-17-19-21-23-25-27-29-30-31-32-33-34-35-36-37-38-40-42-44-46-48-50-52-54-56-58-60-62-64-70(78)75-67(66-82-74-73(81)72(80)71(79)69(65-76)83-74)68(77)63-61-59-57-55-53-51-49-47-45-43-41-39-28-26-24-22-20-18-16-14-12-10-8-6-4-2/h67-69,71-74,76-77,79-81H,3-66H2,1-2H3,(H,75,78). The van der Waals surface area contributed by atoms with Gasteiger partial charge < -0.3 is 40.3 Å². The van der Waals surface area contributed by atoms with E-state index in [4.69, 9.17) is 9.47 Å². The number of nitrogens with one attached hydrogen (secondary N) is 1. The summed E-state index contributed by atoms with van der Waals surface area (Å²) in [7, 11) is 0. The van der Waals surface area contributed by atoms with Crippen molar-refractivity contribution in [1.29, 1.82) is 0 Å². The summed E-state index contributed by atoms with van der Waals surface area (Å²) < 4.78 is 11.4. The molecule has 0 saturated carbocycles. The maximum atomic E-state index is 13.2. The van der Waals surface area contributed by atoms with Crippen LogP contribution in [0.15, 0.2) is 0 Å². The average molecular weight is 1180 g/mol. The van der Waals surface area contributed by atoms with Crippen LogP contribution in [0.4, 0.5) is 0 Å². The van der Waals surface area contributed by atoms with Crippen molar-refractivity contribution in [2.24, 2.45) is 0 Å². The molecule has 1 saturated heterocycles. The van der Waals surface area contributed by atoms with Crippen molar-refractivity contribution < 1.29 is 39.8 Å². The van der Waals surface area contributed by atoms with Gasteiger partial charge >= 0.3 is 0 Å². The fourth-order valence-corrected chi connectivity index (χ4v) is 12.8. The highest BCUT2D eigenvalue weighted by Gasteiger charge is 2.44. The number of hydrogen-bond donors (Lipinski definition) is 6. The molecule has 1 heterocycles. The molecular formula is C74H147NO8. The molecule has 1 aliphatic rings. The molecule has 1 aliphatic heterocycles. The number of ether oxygens (including phenoxy) is 2. The minimum atomic E-state index is -1.55. The van der Waals surface area contributed by atoms with Crippen molar-refractivity contribution in [2.75, 3.05) is 13.2 Å². The zero-order valence-corrected chi connectivity index (χ0v) is 55.8. The van der Waals surface area contributed by atoms with Gasteiger partial charge in [0.2, 0.25) is 5.91 Å². The van der Waals surface area contributed by atoms with E-state index < -0.39 is 49.5 Å². The van der Waals surface area contributed by atoms with E-state index in [1.165, 1.54) is 347 Å². The normalized spacial score (nSPS) is 18.1. The third-order valence-corrected chi connectivity index (χ3v) is 18.7. The number of hydrogen-bond acceptors (Lipinski definition) is 8. The molecule has 0 bridgehead atoms. The van der Waals surface area contributed by atoms with Crippen molar-refractivity contribution in [1.82, 2.24) is 5.32 Å². The third-order valence-electron chi connectivity index (χ3n) is 18.7. The number of carbonyl (C=O) groups is 1. The molecule has 0 spiro atoms. The Balaban J connectivity index is 2.05. The van der Waals surface area contributed by atoms with Crippen LogP contribution in [0.1, 0.15) is 412 Å². The first-order valence-corrected chi connectivity index (χ1v) is 37.7. The predicted molar refractivity (Wildman–Crippen MR) is 355 cm³/mol. The average Bonchev–Trinajstić information content (AvgIpc) is 3.60. The van der Waals surface area contributed by atoms with E-state index in [0.717, 1.165) is 38.5 Å². The zero-order chi connectivity index (χ0) is 60.0. The van der Waals surface area contributed by atoms with Gasteiger partial charge in [-0.3, -0.25) is 4.79 Å². The summed E-state index contributed by atoms with van der Waals surface area (Å²) in [6.07, 6.45) is 74.9. The van der Waals surface area contributed by atoms with Crippen LogP contribution < -0.4 is 5.32 Å². The maximum absolute atomic E-state index is 13.2. The van der Waals surface area contributed by atoms with Gasteiger partial charge in [0.15, 0.2) is 6.29 Å². The van der Waals surface area contributed by atoms with E-state index in [0.29, 0.717) is 12.8 Å². The molecule has 0 radical (unpaired) electrons. The van der Waals surface area contributed by atoms with E-state index in [2.05, 4.69) is 19.2 Å². The van der Waals surface area contributed by atoms with Gasteiger partial charge in [0.05, 0.1) is 25.4 Å². The van der Waals surface area contributed by atoms with Gasteiger partial charge in [-0.2, -0.15) is 0 Å². The number of unbranched alkanes of at least 4 members (excludes halogenated alkanes) is 58. The van der Waals surface area contributed by atoms with Gasteiger partial charge in [0, 0.05) is 6.42 Å². The SMILES string of the molecule is CCCCCCCCCCCCCCCCCCCCCCCCCCCCCCCCCCCCCC(=O)NC(COC1OC(CO)C(O)C(O)C1O)C(O)CCCCCCCCCCCCCCCCCCCCCCCCCCC. The number of aliphatic hydroxyl groups excluding tert-OH is 5. The second-order valence-electron chi connectivity index (χ2n) is 26.8. The highest BCUT2D eigenvalue weighted by atomic mass is 16.7. The minimum absolute atomic E-state index is 0.130. The fourth-order valence-electron chi connectivity index (χ4n) is 12.8. The molecule has 1 amide bonds. The first-order chi connectivity index (χ1) is 40.8. The first-order valence-electron chi connectivity index (χ1n) is 37.7. The Labute approximate surface area is 516 Å². The third kappa shape index (κ3) is 52.8. The Morgan fingerprint density at radius 3 is 0.855 bits per heavy atom. The topological polar surface area (TPSA) is 149 Å². The molecular weight excluding hydrogens is 1030 g/mol. The smallest absolute Gasteiger partial charge is 0.220 e. The van der Waals surface area contributed by atoms with Crippen molar-refractivity contribution in [2.45, 2.75) is 455 Å². The highest BCUT2D eigenvalue weighted by Crippen LogP contribution is 2.24. The predicted octanol–water partition coefficient (Wildman–Crippen LogP) is 20.9. The van der Waals surface area contributed by atoms with E-state index in [1.807, 2.05) is 0 Å². The van der Waals surface area contributed by atoms with Crippen molar-refractivity contribution in [3.05, 3.63) is 0 Å². The van der Waals surface area contributed by atoms with E-state index in [9.17, 15) is 30.3 Å². The Bertz CT molecular complexity index is 1270. The largest absolute Gasteiger partial charge is 0.394 e. The molecule has 0 aromatic carbocycles. The summed E-state index contributed by atoms with van der Waals surface area (Å²) in [4.78, 5) is 13.2. The molecule has 0 aromatic rings. The zero-order valence-electron chi connectivity index (χ0n) is 55.8. The second kappa shape index (κ2) is 64.2. The Kier molecular flexibility index (Phi) is 62.0. The summed E-state index contributed by atoms with van der Waals surface area (Å²) in [5.41, 5.74) is 0. The van der Waals surface area contributed by atoms with Crippen LogP contribution in [0.25, 0.3) is 0 Å². The van der Waals surface area contributed by atoms with Gasteiger partial charge in [0.25, 0.3) is 0 Å². The first kappa shape index (κ1) is 80.2. The number of aliphatic hydroxyl groups is 5. The Hall–Kier alpha value is -0.810. The summed E-state index contributed by atoms with van der Waals surface area (Å²) in [6, 6.07) is -0.716. The van der Waals surface area contributed by atoms with Gasteiger partial charge in [-0.05, 0) is 12.8 Å². The van der Waals surface area contributed by atoms with Gasteiger partial charge in [-0.15, -0.1) is 0 Å². The molecule has 9 nitrogen and oxygen atoms in total. The summed E-state index contributed by atoms with van der Waals surface area (Å²) in [5.74, 6) is -0.132. The molecule has 1 rings (SSSR count). The van der Waals surface area contributed by atoms with Crippen LogP contribution in [-0.2, 0) is 14.3 Å². The summed E-state index contributed by atoms with van der Waals surface area (Å²) in [5, 5.41) is 55.0. The molecule has 6 N–H and O–H groups in total. The van der Waals surface area contributed by atoms with E-state index in [-0.39, 0.29) is 12.5 Å². The minimum Gasteiger partial charge on any atom is -0.394 e. The van der Waals surface area contributed by atoms with Crippen LogP contribution in [0, 0.1) is 0 Å². The molecule has 9 heteroatoms. The Morgan fingerprint density at radius 1 is 0.361 bits per heavy atom. The van der Waals surface area contributed by atoms with Crippen LogP contribution in [-0.4, -0.2) is 87.5 Å². The number of rotatable bonds is 68. The lowest BCUT2D eigenvalue weighted by Crippen LogP contribution is -2.60. The lowest BCUT2D eigenvalue weighted by atomic mass is 9.99. The van der Waals surface area contributed by atoms with Crippen LogP contribution in [0.5, 0.6) is 0 Å². The van der Waals surface area contributed by atoms with Crippen molar-refractivity contribution >= 4 is 5.91 Å². The van der Waals surface area contributed by atoms with Gasteiger partial charge in [0.1, 0.15) is 24.4 Å². The van der Waals surface area contributed by atoms with Crippen LogP contribution in [0.3, 0.4) is 0 Å². The highest BCUT2D eigenvalue weighted by molar-refractivity contribution is 5.76. The lowest BCUT2D eigenvalue weighted by Gasteiger charge is -2.40. The lowest BCUT2D eigenvalue weighted by molar-refractivity contribution is -0.302. The van der Waals surface area contributed by atoms with Crippen LogP contribution in [0.2, 0.25) is 0 Å². The monoisotopic (exact) mass is 1180 g/mol. The van der Waals surface area contributed by atoms with Crippen LogP contribution >= 0.6 is 0 Å². The van der Waals surface area contributed by atoms with Gasteiger partial charge in [-0.1, -0.05) is 393 Å². The summed E-state index contributed by atoms with van der Waals surface area (Å²) in [6.45, 7) is 3.92. The molecule has 83 heavy (non-hydrogen) atoms. The second-order valence-corrected chi connectivity index (χ2v) is 26.8. The maximum Gasteiger partial charge on any atom is 0.220 e. The Morgan fingerprint density at radius 2 is 0.602 bits per heavy atom. The summed E-state index contributed by atoms with van der Waals surface area (Å²) >= 11 is 0. The number of amides is 1. The van der Waals surface area contributed by atoms with Gasteiger partial charge in [-0.25, -0.2) is 0 Å². The molecule has 7 unspecified atom stereocenters. The van der Waals surface area contributed by atoms with Crippen molar-refractivity contribution in [3.8, 4) is 0 Å². The quantitative estimate of drug-likeness (QED) is 0.0330. The molecule has 1 fully saturated rings. The molecule has 0 aliphatic carbocycles. The van der Waals surface area contributed by atoms with Crippen molar-refractivity contribution in [3.63, 3.8) is 0 Å². The molecule has 0 aromatic heterocycles. The van der Waals surface area contributed by atoms with E-state index in [1.54, 1.807) is 0 Å². The molecule has 7 atom stereocenters. The number of carbonyl (C=O) groups excluding carboxylic acids is 1. The molecule has 496 valence electrons. The van der Waals surface area contributed by atoms with E-state index >= 15 is 0 Å². The fraction of sp³-hybridized carbons (Fsp3) is 0.986.